The van der Waals surface area contributed by atoms with Crippen LogP contribution >= 0.6 is 0 Å². The Hall–Kier alpha value is -0.850. The van der Waals surface area contributed by atoms with Gasteiger partial charge >= 0.3 is 0 Å². The molecule has 0 bridgehead atoms. The molecule has 1 rings (SSSR count). The first-order valence-electron chi connectivity index (χ1n) is 5.38. The average molecular weight is 194 g/mol. The van der Waals surface area contributed by atoms with E-state index >= 15 is 0 Å². The smallest absolute Gasteiger partial charge is 0.123 e. The normalized spacial score (nSPS) is 13.2. The van der Waals surface area contributed by atoms with Gasteiger partial charge in [-0.25, -0.2) is 4.39 Å². The van der Waals surface area contributed by atoms with Crippen LogP contribution in [0.1, 0.15) is 32.8 Å². The molecular formula is C13H19F. The topological polar surface area (TPSA) is 0 Å². The zero-order chi connectivity index (χ0) is 10.6. The van der Waals surface area contributed by atoms with Gasteiger partial charge in [-0.2, -0.15) is 0 Å². The number of rotatable bonds is 4. The van der Waals surface area contributed by atoms with Crippen molar-refractivity contribution in [2.45, 2.75) is 33.6 Å². The van der Waals surface area contributed by atoms with Gasteiger partial charge in [0.1, 0.15) is 5.82 Å². The third-order valence-electron chi connectivity index (χ3n) is 2.85. The van der Waals surface area contributed by atoms with Crippen LogP contribution in [0.3, 0.4) is 0 Å². The molecule has 1 aromatic carbocycles. The molecule has 0 nitrogen and oxygen atoms in total. The molecule has 78 valence electrons. The molecule has 1 heteroatoms. The van der Waals surface area contributed by atoms with Gasteiger partial charge in [-0.15, -0.1) is 0 Å². The summed E-state index contributed by atoms with van der Waals surface area (Å²) in [5, 5.41) is 0. The van der Waals surface area contributed by atoms with Crippen molar-refractivity contribution in [1.82, 2.24) is 0 Å². The first-order chi connectivity index (χ1) is 6.63. The summed E-state index contributed by atoms with van der Waals surface area (Å²) in [5.41, 5.74) is 1.12. The summed E-state index contributed by atoms with van der Waals surface area (Å²) in [5.74, 6) is 1.21. The molecule has 0 N–H and O–H groups in total. The average Bonchev–Trinajstić information content (AvgIpc) is 2.14. The van der Waals surface area contributed by atoms with Crippen LogP contribution in [0, 0.1) is 17.7 Å². The van der Waals surface area contributed by atoms with Gasteiger partial charge in [0.05, 0.1) is 0 Å². The van der Waals surface area contributed by atoms with Crippen LogP contribution in [0.2, 0.25) is 0 Å². The number of benzene rings is 1. The van der Waals surface area contributed by atoms with Crippen LogP contribution in [0.4, 0.5) is 4.39 Å². The predicted octanol–water partition coefficient (Wildman–Crippen LogP) is 4.05. The molecular weight excluding hydrogens is 175 g/mol. The van der Waals surface area contributed by atoms with Gasteiger partial charge < -0.3 is 0 Å². The van der Waals surface area contributed by atoms with Crippen molar-refractivity contribution in [3.63, 3.8) is 0 Å². The zero-order valence-electron chi connectivity index (χ0n) is 9.26. The van der Waals surface area contributed by atoms with Gasteiger partial charge in [-0.1, -0.05) is 39.3 Å². The molecule has 0 saturated heterocycles. The van der Waals surface area contributed by atoms with Crippen LogP contribution in [0.15, 0.2) is 24.3 Å². The fourth-order valence-electron chi connectivity index (χ4n) is 1.82. The third kappa shape index (κ3) is 3.13. The first kappa shape index (κ1) is 11.2. The Bertz CT molecular complexity index is 278. The highest BCUT2D eigenvalue weighted by Gasteiger charge is 2.11. The van der Waals surface area contributed by atoms with E-state index in [1.54, 1.807) is 12.1 Å². The Labute approximate surface area is 86.2 Å². The monoisotopic (exact) mass is 194 g/mol. The second-order valence-corrected chi connectivity index (χ2v) is 4.25. The molecule has 1 unspecified atom stereocenters. The van der Waals surface area contributed by atoms with E-state index in [1.807, 2.05) is 6.07 Å². The second kappa shape index (κ2) is 5.14. The molecule has 0 aliphatic rings. The predicted molar refractivity (Wildman–Crippen MR) is 58.7 cm³/mol. The van der Waals surface area contributed by atoms with E-state index in [0.717, 1.165) is 18.4 Å². The van der Waals surface area contributed by atoms with E-state index in [2.05, 4.69) is 20.8 Å². The van der Waals surface area contributed by atoms with E-state index in [0.29, 0.717) is 11.8 Å². The molecule has 14 heavy (non-hydrogen) atoms. The lowest BCUT2D eigenvalue weighted by Gasteiger charge is -2.18. The van der Waals surface area contributed by atoms with E-state index in [-0.39, 0.29) is 5.82 Å². The van der Waals surface area contributed by atoms with Crippen LogP contribution in [-0.4, -0.2) is 0 Å². The number of hydrogen-bond donors (Lipinski definition) is 0. The summed E-state index contributed by atoms with van der Waals surface area (Å²) in [4.78, 5) is 0. The fourth-order valence-corrected chi connectivity index (χ4v) is 1.82. The highest BCUT2D eigenvalue weighted by atomic mass is 19.1. The van der Waals surface area contributed by atoms with Gasteiger partial charge in [0.15, 0.2) is 0 Å². The molecule has 0 spiro atoms. The summed E-state index contributed by atoms with van der Waals surface area (Å²) in [6.45, 7) is 6.66. The largest absolute Gasteiger partial charge is 0.207 e. The Kier molecular flexibility index (Phi) is 4.12. The summed E-state index contributed by atoms with van der Waals surface area (Å²) < 4.78 is 12.9. The van der Waals surface area contributed by atoms with Gasteiger partial charge in [0.25, 0.3) is 0 Å². The molecule has 0 fully saturated rings. The van der Waals surface area contributed by atoms with E-state index in [1.165, 1.54) is 6.07 Å². The molecule has 1 aromatic rings. The molecule has 0 aliphatic carbocycles. The maximum atomic E-state index is 12.9. The Balaban J connectivity index is 2.67. The van der Waals surface area contributed by atoms with Crippen molar-refractivity contribution in [1.29, 1.82) is 0 Å². The van der Waals surface area contributed by atoms with E-state index in [4.69, 9.17) is 0 Å². The van der Waals surface area contributed by atoms with Crippen molar-refractivity contribution in [3.8, 4) is 0 Å². The molecule has 0 aliphatic heterocycles. The minimum absolute atomic E-state index is 0.124. The maximum absolute atomic E-state index is 12.9. The van der Waals surface area contributed by atoms with Gasteiger partial charge in [0, 0.05) is 0 Å². The summed E-state index contributed by atoms with van der Waals surface area (Å²) in [7, 11) is 0. The molecule has 0 aromatic heterocycles. The van der Waals surface area contributed by atoms with Crippen molar-refractivity contribution < 1.29 is 4.39 Å². The maximum Gasteiger partial charge on any atom is 0.123 e. The quantitative estimate of drug-likeness (QED) is 0.678. The molecule has 0 amide bonds. The van der Waals surface area contributed by atoms with Crippen LogP contribution < -0.4 is 0 Å². The highest BCUT2D eigenvalue weighted by Crippen LogP contribution is 2.20. The summed E-state index contributed by atoms with van der Waals surface area (Å²) >= 11 is 0. The summed E-state index contributed by atoms with van der Waals surface area (Å²) in [6, 6.07) is 6.94. The minimum Gasteiger partial charge on any atom is -0.207 e. The molecule has 0 radical (unpaired) electrons. The minimum atomic E-state index is -0.124. The van der Waals surface area contributed by atoms with Crippen molar-refractivity contribution in [2.75, 3.05) is 0 Å². The lowest BCUT2D eigenvalue weighted by atomic mass is 9.87. The Morgan fingerprint density at radius 2 is 2.00 bits per heavy atom. The van der Waals surface area contributed by atoms with Gasteiger partial charge in [0.2, 0.25) is 0 Å². The Morgan fingerprint density at radius 1 is 1.29 bits per heavy atom. The lowest BCUT2D eigenvalue weighted by molar-refractivity contribution is 0.370. The molecule has 0 saturated carbocycles. The van der Waals surface area contributed by atoms with Crippen LogP contribution in [0.5, 0.6) is 0 Å². The highest BCUT2D eigenvalue weighted by molar-refractivity contribution is 5.16. The number of halogens is 1. The van der Waals surface area contributed by atoms with Crippen LogP contribution in [0.25, 0.3) is 0 Å². The van der Waals surface area contributed by atoms with Crippen molar-refractivity contribution >= 4 is 0 Å². The lowest BCUT2D eigenvalue weighted by Crippen LogP contribution is -2.10. The fraction of sp³-hybridized carbons (Fsp3) is 0.538. The summed E-state index contributed by atoms with van der Waals surface area (Å²) in [6.07, 6.45) is 2.15. The van der Waals surface area contributed by atoms with Crippen molar-refractivity contribution in [3.05, 3.63) is 35.6 Å². The SMILES string of the molecule is CCC(Cc1cccc(F)c1)C(C)C. The zero-order valence-corrected chi connectivity index (χ0v) is 9.26. The van der Waals surface area contributed by atoms with Crippen molar-refractivity contribution in [2.24, 2.45) is 11.8 Å². The van der Waals surface area contributed by atoms with Gasteiger partial charge in [-0.05, 0) is 36.0 Å². The third-order valence-corrected chi connectivity index (χ3v) is 2.85. The van der Waals surface area contributed by atoms with Crippen LogP contribution in [-0.2, 0) is 6.42 Å². The first-order valence-corrected chi connectivity index (χ1v) is 5.38. The van der Waals surface area contributed by atoms with E-state index in [9.17, 15) is 4.39 Å². The molecule has 1 atom stereocenters. The second-order valence-electron chi connectivity index (χ2n) is 4.25. The number of hydrogen-bond acceptors (Lipinski definition) is 0. The Morgan fingerprint density at radius 3 is 2.50 bits per heavy atom. The molecule has 0 heterocycles. The van der Waals surface area contributed by atoms with E-state index < -0.39 is 0 Å². The standard InChI is InChI=1S/C13H19F/c1-4-12(10(2)3)8-11-6-5-7-13(14)9-11/h5-7,9-10,12H,4,8H2,1-3H3. The van der Waals surface area contributed by atoms with Gasteiger partial charge in [-0.3, -0.25) is 0 Å².